The van der Waals surface area contributed by atoms with Gasteiger partial charge in [-0.15, -0.1) is 0 Å². The normalized spacial score (nSPS) is 17.7. The number of imidazole rings is 1. The lowest BCUT2D eigenvalue weighted by molar-refractivity contribution is 0.613. The number of hydrogen-bond acceptors (Lipinski definition) is 3. The first kappa shape index (κ1) is 12.2. The zero-order chi connectivity index (χ0) is 13.1. The monoisotopic (exact) mass is 256 g/mol. The molecule has 3 rings (SSSR count). The maximum absolute atomic E-state index is 5.73. The van der Waals surface area contributed by atoms with Gasteiger partial charge < -0.3 is 15.2 Å². The van der Waals surface area contributed by atoms with Crippen LogP contribution in [0.25, 0.3) is 0 Å². The molecule has 2 N–H and O–H groups in total. The molecule has 4 nitrogen and oxygen atoms in total. The third kappa shape index (κ3) is 2.49. The van der Waals surface area contributed by atoms with Crippen LogP contribution < -0.4 is 10.6 Å². The molecule has 19 heavy (non-hydrogen) atoms. The van der Waals surface area contributed by atoms with Gasteiger partial charge in [-0.1, -0.05) is 18.2 Å². The second kappa shape index (κ2) is 5.45. The van der Waals surface area contributed by atoms with Crippen LogP contribution in [0.5, 0.6) is 0 Å². The topological polar surface area (TPSA) is 47.1 Å². The van der Waals surface area contributed by atoms with E-state index in [1.165, 1.54) is 11.3 Å². The summed E-state index contributed by atoms with van der Waals surface area (Å²) < 4.78 is 2.12. The minimum atomic E-state index is 0.587. The molecular formula is C15H20N4. The minimum absolute atomic E-state index is 0.587. The summed E-state index contributed by atoms with van der Waals surface area (Å²) >= 11 is 0. The van der Waals surface area contributed by atoms with Crippen LogP contribution in [0.3, 0.4) is 0 Å². The van der Waals surface area contributed by atoms with Crippen molar-refractivity contribution >= 4 is 5.69 Å². The summed E-state index contributed by atoms with van der Waals surface area (Å²) in [5, 5.41) is 0. The fourth-order valence-electron chi connectivity index (χ4n) is 2.90. The van der Waals surface area contributed by atoms with E-state index in [1.54, 1.807) is 0 Å². The van der Waals surface area contributed by atoms with E-state index < -0.39 is 0 Å². The molecule has 0 fully saturated rings. The molecule has 0 saturated heterocycles. The summed E-state index contributed by atoms with van der Waals surface area (Å²) in [7, 11) is 0. The zero-order valence-corrected chi connectivity index (χ0v) is 11.1. The quantitative estimate of drug-likeness (QED) is 0.888. The molecule has 1 aromatic heterocycles. The number of nitrogens with zero attached hydrogens (tertiary/aromatic N) is 3. The molecule has 2 heterocycles. The van der Waals surface area contributed by atoms with E-state index in [2.05, 4.69) is 38.7 Å². The Kier molecular flexibility index (Phi) is 3.51. The van der Waals surface area contributed by atoms with Gasteiger partial charge in [0.2, 0.25) is 0 Å². The third-order valence-electron chi connectivity index (χ3n) is 3.86. The SMILES string of the molecule is NCCC1CN(CCn2ccnc2)c2ccccc21. The summed E-state index contributed by atoms with van der Waals surface area (Å²) in [5.41, 5.74) is 8.56. The highest BCUT2D eigenvalue weighted by Crippen LogP contribution is 2.37. The van der Waals surface area contributed by atoms with Crippen molar-refractivity contribution in [1.82, 2.24) is 9.55 Å². The Bertz CT molecular complexity index is 521. The van der Waals surface area contributed by atoms with E-state index in [9.17, 15) is 0 Å². The average Bonchev–Trinajstić information content (AvgIpc) is 3.06. The second-order valence-electron chi connectivity index (χ2n) is 5.08. The average molecular weight is 256 g/mol. The molecule has 1 aromatic carbocycles. The molecular weight excluding hydrogens is 236 g/mol. The molecule has 100 valence electrons. The Morgan fingerprint density at radius 1 is 1.26 bits per heavy atom. The zero-order valence-electron chi connectivity index (χ0n) is 11.1. The molecule has 2 aromatic rings. The van der Waals surface area contributed by atoms with Gasteiger partial charge in [0, 0.05) is 43.6 Å². The maximum Gasteiger partial charge on any atom is 0.0946 e. The van der Waals surface area contributed by atoms with E-state index in [4.69, 9.17) is 5.73 Å². The highest BCUT2D eigenvalue weighted by atomic mass is 15.2. The molecule has 1 unspecified atom stereocenters. The van der Waals surface area contributed by atoms with Crippen LogP contribution in [0, 0.1) is 0 Å². The molecule has 0 amide bonds. The Hall–Kier alpha value is -1.81. The summed E-state index contributed by atoms with van der Waals surface area (Å²) in [4.78, 5) is 6.55. The van der Waals surface area contributed by atoms with Crippen molar-refractivity contribution in [2.45, 2.75) is 18.9 Å². The number of hydrogen-bond donors (Lipinski definition) is 1. The summed E-state index contributed by atoms with van der Waals surface area (Å²) in [6.07, 6.45) is 6.78. The highest BCUT2D eigenvalue weighted by Gasteiger charge is 2.27. The van der Waals surface area contributed by atoms with Crippen molar-refractivity contribution in [3.63, 3.8) is 0 Å². The standard InChI is InChI=1S/C15H20N4/c16-6-5-13-11-19(10-9-18-8-7-17-12-18)15-4-2-1-3-14(13)15/h1-4,7-8,12-13H,5-6,9-11,16H2. The fraction of sp³-hybridized carbons (Fsp3) is 0.400. The van der Waals surface area contributed by atoms with Gasteiger partial charge in [0.15, 0.2) is 0 Å². The molecule has 4 heteroatoms. The lowest BCUT2D eigenvalue weighted by Gasteiger charge is -2.20. The van der Waals surface area contributed by atoms with Gasteiger partial charge in [-0.3, -0.25) is 0 Å². The van der Waals surface area contributed by atoms with Crippen molar-refractivity contribution in [2.75, 3.05) is 24.5 Å². The lowest BCUT2D eigenvalue weighted by Crippen LogP contribution is -2.26. The molecule has 0 radical (unpaired) electrons. The first-order valence-electron chi connectivity index (χ1n) is 6.88. The number of fused-ring (bicyclic) bond motifs is 1. The van der Waals surface area contributed by atoms with Crippen LogP contribution in [0.1, 0.15) is 17.9 Å². The predicted octanol–water partition coefficient (Wildman–Crippen LogP) is 1.84. The Labute approximate surface area is 113 Å². The van der Waals surface area contributed by atoms with Crippen LogP contribution in [0.4, 0.5) is 5.69 Å². The van der Waals surface area contributed by atoms with Gasteiger partial charge in [0.1, 0.15) is 0 Å². The predicted molar refractivity (Wildman–Crippen MR) is 77.3 cm³/mol. The molecule has 1 aliphatic rings. The molecule has 0 saturated carbocycles. The molecule has 0 bridgehead atoms. The van der Waals surface area contributed by atoms with Crippen LogP contribution in [-0.4, -0.2) is 29.2 Å². The van der Waals surface area contributed by atoms with Crippen molar-refractivity contribution in [3.05, 3.63) is 48.5 Å². The highest BCUT2D eigenvalue weighted by molar-refractivity contribution is 5.60. The molecule has 0 spiro atoms. The Morgan fingerprint density at radius 3 is 2.95 bits per heavy atom. The van der Waals surface area contributed by atoms with Crippen molar-refractivity contribution in [3.8, 4) is 0 Å². The van der Waals surface area contributed by atoms with Crippen LogP contribution in [0.2, 0.25) is 0 Å². The van der Waals surface area contributed by atoms with Gasteiger partial charge in [-0.05, 0) is 24.6 Å². The van der Waals surface area contributed by atoms with E-state index in [0.717, 1.165) is 32.6 Å². The number of aromatic nitrogens is 2. The third-order valence-corrected chi connectivity index (χ3v) is 3.86. The summed E-state index contributed by atoms with van der Waals surface area (Å²) in [6, 6.07) is 8.71. The van der Waals surface area contributed by atoms with Gasteiger partial charge >= 0.3 is 0 Å². The summed E-state index contributed by atoms with van der Waals surface area (Å²) in [5.74, 6) is 0.587. The second-order valence-corrected chi connectivity index (χ2v) is 5.08. The number of rotatable bonds is 5. The molecule has 0 aliphatic carbocycles. The van der Waals surface area contributed by atoms with Gasteiger partial charge in [0.25, 0.3) is 0 Å². The minimum Gasteiger partial charge on any atom is -0.369 e. The van der Waals surface area contributed by atoms with Gasteiger partial charge in [-0.2, -0.15) is 0 Å². The first-order chi connectivity index (χ1) is 9.38. The number of benzene rings is 1. The maximum atomic E-state index is 5.73. The lowest BCUT2D eigenvalue weighted by atomic mass is 9.98. The number of para-hydroxylation sites is 1. The van der Waals surface area contributed by atoms with Crippen LogP contribution in [-0.2, 0) is 6.54 Å². The van der Waals surface area contributed by atoms with E-state index in [1.807, 2.05) is 18.7 Å². The number of anilines is 1. The van der Waals surface area contributed by atoms with Crippen molar-refractivity contribution in [1.29, 1.82) is 0 Å². The molecule has 1 atom stereocenters. The largest absolute Gasteiger partial charge is 0.369 e. The van der Waals surface area contributed by atoms with E-state index >= 15 is 0 Å². The fourth-order valence-corrected chi connectivity index (χ4v) is 2.90. The van der Waals surface area contributed by atoms with E-state index in [0.29, 0.717) is 5.92 Å². The Morgan fingerprint density at radius 2 is 2.16 bits per heavy atom. The first-order valence-corrected chi connectivity index (χ1v) is 6.88. The summed E-state index contributed by atoms with van der Waals surface area (Å²) in [6.45, 7) is 3.84. The Balaban J connectivity index is 1.73. The smallest absolute Gasteiger partial charge is 0.0946 e. The van der Waals surface area contributed by atoms with Gasteiger partial charge in [0.05, 0.1) is 6.33 Å². The van der Waals surface area contributed by atoms with Crippen LogP contribution >= 0.6 is 0 Å². The van der Waals surface area contributed by atoms with Gasteiger partial charge in [-0.25, -0.2) is 4.98 Å². The number of nitrogens with two attached hydrogens (primary N) is 1. The molecule has 1 aliphatic heterocycles. The van der Waals surface area contributed by atoms with E-state index in [-0.39, 0.29) is 0 Å². The van der Waals surface area contributed by atoms with Crippen molar-refractivity contribution in [2.24, 2.45) is 5.73 Å². The van der Waals surface area contributed by atoms with Crippen LogP contribution in [0.15, 0.2) is 43.0 Å². The van der Waals surface area contributed by atoms with Crippen molar-refractivity contribution < 1.29 is 0 Å².